The fourth-order valence-corrected chi connectivity index (χ4v) is 1.95. The summed E-state index contributed by atoms with van der Waals surface area (Å²) < 4.78 is 2.06. The Labute approximate surface area is 113 Å². The maximum Gasteiger partial charge on any atom is 0.132 e. The molecule has 6 nitrogen and oxygen atoms in total. The average Bonchev–Trinajstić information content (AvgIpc) is 2.85. The molecule has 2 aromatic heterocycles. The van der Waals surface area contributed by atoms with Crippen LogP contribution >= 0.6 is 0 Å². The molecule has 0 aliphatic heterocycles. The first-order chi connectivity index (χ1) is 9.22. The van der Waals surface area contributed by atoms with Crippen LogP contribution in [-0.2, 0) is 19.4 Å². The van der Waals surface area contributed by atoms with E-state index in [0.717, 1.165) is 49.1 Å². The second kappa shape index (κ2) is 6.26. The summed E-state index contributed by atoms with van der Waals surface area (Å²) in [5.74, 6) is 2.70. The minimum absolute atomic E-state index is 0.796. The number of aryl methyl sites for hydroxylation is 3. The van der Waals surface area contributed by atoms with Crippen molar-refractivity contribution in [2.45, 2.75) is 40.2 Å². The summed E-state index contributed by atoms with van der Waals surface area (Å²) in [4.78, 5) is 8.74. The van der Waals surface area contributed by atoms with Gasteiger partial charge in [0, 0.05) is 31.3 Å². The zero-order valence-electron chi connectivity index (χ0n) is 11.7. The first-order valence-electron chi connectivity index (χ1n) is 6.68. The molecule has 0 unspecified atom stereocenters. The van der Waals surface area contributed by atoms with E-state index in [1.807, 2.05) is 13.0 Å². The fraction of sp³-hybridized carbons (Fsp3) is 0.538. The summed E-state index contributed by atoms with van der Waals surface area (Å²) in [6.45, 7) is 7.72. The third-order valence-electron chi connectivity index (χ3n) is 2.92. The fourth-order valence-electron chi connectivity index (χ4n) is 1.95. The highest BCUT2D eigenvalue weighted by Gasteiger charge is 2.02. The van der Waals surface area contributed by atoms with Gasteiger partial charge in [-0.05, 0) is 13.3 Å². The summed E-state index contributed by atoms with van der Waals surface area (Å²) in [5, 5.41) is 11.3. The lowest BCUT2D eigenvalue weighted by Gasteiger charge is -2.09. The van der Waals surface area contributed by atoms with E-state index in [-0.39, 0.29) is 0 Å². The highest BCUT2D eigenvalue weighted by Crippen LogP contribution is 2.07. The number of hydrogen-bond donors (Lipinski definition) is 1. The Hall–Kier alpha value is -1.98. The molecule has 0 amide bonds. The summed E-state index contributed by atoms with van der Waals surface area (Å²) in [7, 11) is 0. The van der Waals surface area contributed by atoms with Crippen molar-refractivity contribution in [3.05, 3.63) is 29.7 Å². The lowest BCUT2D eigenvalue weighted by molar-refractivity contribution is 0.679. The van der Waals surface area contributed by atoms with E-state index in [0.29, 0.717) is 0 Å². The maximum absolute atomic E-state index is 4.38. The van der Waals surface area contributed by atoms with Gasteiger partial charge in [-0.1, -0.05) is 13.8 Å². The molecule has 1 N–H and O–H groups in total. The quantitative estimate of drug-likeness (QED) is 0.854. The summed E-state index contributed by atoms with van der Waals surface area (Å²) in [6, 6.07) is 2.00. The SMILES string of the molecule is CCc1cc(NCCn2cnnc2CC)nc(C)n1. The van der Waals surface area contributed by atoms with Crippen LogP contribution in [0.5, 0.6) is 0 Å². The summed E-state index contributed by atoms with van der Waals surface area (Å²) >= 11 is 0. The highest BCUT2D eigenvalue weighted by atomic mass is 15.3. The normalized spacial score (nSPS) is 10.7. The predicted molar refractivity (Wildman–Crippen MR) is 74.0 cm³/mol. The third kappa shape index (κ3) is 3.49. The van der Waals surface area contributed by atoms with Crippen LogP contribution < -0.4 is 5.32 Å². The molecule has 0 radical (unpaired) electrons. The number of rotatable bonds is 6. The minimum atomic E-state index is 0.796. The topological polar surface area (TPSA) is 68.5 Å². The second-order valence-corrected chi connectivity index (χ2v) is 4.37. The van der Waals surface area contributed by atoms with Gasteiger partial charge >= 0.3 is 0 Å². The molecule has 2 heterocycles. The molecule has 0 bridgehead atoms. The van der Waals surface area contributed by atoms with Gasteiger partial charge in [-0.15, -0.1) is 10.2 Å². The molecule has 0 saturated carbocycles. The Bertz CT molecular complexity index is 534. The third-order valence-corrected chi connectivity index (χ3v) is 2.92. The zero-order chi connectivity index (χ0) is 13.7. The standard InChI is InChI=1S/C13H20N6/c1-4-11-8-12(17-10(3)16-11)14-6-7-19-9-15-18-13(19)5-2/h8-9H,4-7H2,1-3H3,(H,14,16,17). The molecule has 0 saturated heterocycles. The van der Waals surface area contributed by atoms with E-state index in [2.05, 4.69) is 43.9 Å². The molecule has 0 aromatic carbocycles. The van der Waals surface area contributed by atoms with Crippen molar-refractivity contribution >= 4 is 5.82 Å². The van der Waals surface area contributed by atoms with Crippen LogP contribution in [0.15, 0.2) is 12.4 Å². The smallest absolute Gasteiger partial charge is 0.132 e. The lowest BCUT2D eigenvalue weighted by Crippen LogP contribution is -2.13. The van der Waals surface area contributed by atoms with Gasteiger partial charge < -0.3 is 9.88 Å². The van der Waals surface area contributed by atoms with E-state index in [9.17, 15) is 0 Å². The van der Waals surface area contributed by atoms with Crippen molar-refractivity contribution in [2.24, 2.45) is 0 Å². The van der Waals surface area contributed by atoms with Crippen LogP contribution in [0.3, 0.4) is 0 Å². The Morgan fingerprint density at radius 2 is 2.05 bits per heavy atom. The van der Waals surface area contributed by atoms with Crippen LogP contribution in [0.1, 0.15) is 31.2 Å². The van der Waals surface area contributed by atoms with E-state index in [4.69, 9.17) is 0 Å². The molecule has 0 aliphatic rings. The summed E-state index contributed by atoms with van der Waals surface area (Å²) in [6.07, 6.45) is 3.58. The van der Waals surface area contributed by atoms with Gasteiger partial charge in [0.15, 0.2) is 0 Å². The number of nitrogens with one attached hydrogen (secondary N) is 1. The van der Waals surface area contributed by atoms with Crippen molar-refractivity contribution < 1.29 is 0 Å². The van der Waals surface area contributed by atoms with Crippen molar-refractivity contribution in [1.82, 2.24) is 24.7 Å². The maximum atomic E-state index is 4.38. The highest BCUT2D eigenvalue weighted by molar-refractivity contribution is 5.35. The van der Waals surface area contributed by atoms with Crippen LogP contribution in [-0.4, -0.2) is 31.3 Å². The second-order valence-electron chi connectivity index (χ2n) is 4.37. The van der Waals surface area contributed by atoms with Gasteiger partial charge in [-0.25, -0.2) is 9.97 Å². The van der Waals surface area contributed by atoms with Crippen molar-refractivity contribution in [3.63, 3.8) is 0 Å². The predicted octanol–water partition coefficient (Wildman–Crippen LogP) is 1.61. The lowest BCUT2D eigenvalue weighted by atomic mass is 10.3. The van der Waals surface area contributed by atoms with Crippen molar-refractivity contribution in [3.8, 4) is 0 Å². The van der Waals surface area contributed by atoms with Gasteiger partial charge in [-0.2, -0.15) is 0 Å². The van der Waals surface area contributed by atoms with Gasteiger partial charge in [0.2, 0.25) is 0 Å². The molecular weight excluding hydrogens is 240 g/mol. The van der Waals surface area contributed by atoms with Crippen LogP contribution in [0.4, 0.5) is 5.82 Å². The van der Waals surface area contributed by atoms with Gasteiger partial charge in [0.25, 0.3) is 0 Å². The summed E-state index contributed by atoms with van der Waals surface area (Å²) in [5.41, 5.74) is 1.06. The van der Waals surface area contributed by atoms with E-state index in [1.54, 1.807) is 6.33 Å². The Kier molecular flexibility index (Phi) is 4.43. The molecule has 2 aromatic rings. The molecule has 0 spiro atoms. The number of anilines is 1. The number of hydrogen-bond acceptors (Lipinski definition) is 5. The average molecular weight is 260 g/mol. The largest absolute Gasteiger partial charge is 0.368 e. The minimum Gasteiger partial charge on any atom is -0.368 e. The molecule has 102 valence electrons. The van der Waals surface area contributed by atoms with Gasteiger partial charge in [-0.3, -0.25) is 0 Å². The number of aromatic nitrogens is 5. The molecule has 0 aliphatic carbocycles. The van der Waals surface area contributed by atoms with E-state index >= 15 is 0 Å². The van der Waals surface area contributed by atoms with E-state index < -0.39 is 0 Å². The molecule has 0 fully saturated rings. The Balaban J connectivity index is 1.94. The van der Waals surface area contributed by atoms with Crippen LogP contribution in [0, 0.1) is 6.92 Å². The monoisotopic (exact) mass is 260 g/mol. The van der Waals surface area contributed by atoms with Gasteiger partial charge in [0.1, 0.15) is 23.8 Å². The number of nitrogens with zero attached hydrogens (tertiary/aromatic N) is 5. The molecular formula is C13H20N6. The Morgan fingerprint density at radius 1 is 1.21 bits per heavy atom. The van der Waals surface area contributed by atoms with Crippen LogP contribution in [0.2, 0.25) is 0 Å². The Morgan fingerprint density at radius 3 is 2.79 bits per heavy atom. The van der Waals surface area contributed by atoms with Crippen molar-refractivity contribution in [1.29, 1.82) is 0 Å². The first kappa shape index (κ1) is 13.5. The molecule has 0 atom stereocenters. The van der Waals surface area contributed by atoms with Crippen molar-refractivity contribution in [2.75, 3.05) is 11.9 Å². The molecule has 19 heavy (non-hydrogen) atoms. The molecule has 2 rings (SSSR count). The van der Waals surface area contributed by atoms with E-state index in [1.165, 1.54) is 0 Å². The molecule has 6 heteroatoms. The van der Waals surface area contributed by atoms with Gasteiger partial charge in [0.05, 0.1) is 0 Å². The first-order valence-corrected chi connectivity index (χ1v) is 6.68. The zero-order valence-corrected chi connectivity index (χ0v) is 11.7. The van der Waals surface area contributed by atoms with Crippen LogP contribution in [0.25, 0.3) is 0 Å².